The summed E-state index contributed by atoms with van der Waals surface area (Å²) in [6, 6.07) is 9.86. The molecule has 1 heterocycles. The largest absolute Gasteiger partial charge is 0.493 e. The molecule has 2 aromatic rings. The van der Waals surface area contributed by atoms with Crippen LogP contribution in [0.4, 0.5) is 9.18 Å². The fourth-order valence-corrected chi connectivity index (χ4v) is 2.79. The number of rotatable bonds is 7. The quantitative estimate of drug-likeness (QED) is 0.533. The van der Waals surface area contributed by atoms with Gasteiger partial charge in [-0.05, 0) is 36.8 Å². The van der Waals surface area contributed by atoms with Gasteiger partial charge in [-0.2, -0.15) is 0 Å². The third-order valence-electron chi connectivity index (χ3n) is 4.40. The lowest BCUT2D eigenvalue weighted by molar-refractivity contribution is -0.144. The predicted molar refractivity (Wildman–Crippen MR) is 104 cm³/mol. The van der Waals surface area contributed by atoms with Gasteiger partial charge in [0.25, 0.3) is 5.91 Å². The standard InChI is InChI=1S/C21H19FN2O6/c1-12(20(26)27)30-17-8-7-13(10-18(17)29-2)9-16-19(25)24(21(28)23-16)11-14-5-3-4-6-15(14)22/h3-10,12H,11H2,1-2H3,(H,23,28)(H,26,27)/b16-9-/t12-/m1/s1. The maximum absolute atomic E-state index is 13.9. The van der Waals surface area contributed by atoms with Crippen molar-refractivity contribution in [2.75, 3.05) is 7.11 Å². The van der Waals surface area contributed by atoms with E-state index >= 15 is 0 Å². The summed E-state index contributed by atoms with van der Waals surface area (Å²) < 4.78 is 24.4. The molecule has 1 atom stereocenters. The molecule has 0 bridgehead atoms. The zero-order valence-electron chi connectivity index (χ0n) is 16.2. The molecule has 3 amide bonds. The number of methoxy groups -OCH3 is 1. The van der Waals surface area contributed by atoms with Gasteiger partial charge in [0.15, 0.2) is 17.6 Å². The predicted octanol–water partition coefficient (Wildman–Crippen LogP) is 2.78. The van der Waals surface area contributed by atoms with Crippen LogP contribution in [0, 0.1) is 5.82 Å². The summed E-state index contributed by atoms with van der Waals surface area (Å²) in [7, 11) is 1.39. The summed E-state index contributed by atoms with van der Waals surface area (Å²) in [5.74, 6) is -1.75. The van der Waals surface area contributed by atoms with E-state index < -0.39 is 29.8 Å². The summed E-state index contributed by atoms with van der Waals surface area (Å²) in [6.07, 6.45) is 0.361. The molecule has 0 spiro atoms. The lowest BCUT2D eigenvalue weighted by atomic mass is 10.1. The Morgan fingerprint density at radius 1 is 1.23 bits per heavy atom. The van der Waals surface area contributed by atoms with Gasteiger partial charge in [-0.1, -0.05) is 24.3 Å². The van der Waals surface area contributed by atoms with E-state index in [4.69, 9.17) is 14.6 Å². The van der Waals surface area contributed by atoms with Crippen molar-refractivity contribution in [1.82, 2.24) is 10.2 Å². The van der Waals surface area contributed by atoms with Crippen molar-refractivity contribution in [2.45, 2.75) is 19.6 Å². The number of nitrogens with one attached hydrogen (secondary N) is 1. The molecule has 0 unspecified atom stereocenters. The number of hydrogen-bond acceptors (Lipinski definition) is 5. The molecule has 156 valence electrons. The molecule has 30 heavy (non-hydrogen) atoms. The molecule has 1 aliphatic heterocycles. The first-order valence-electron chi connectivity index (χ1n) is 8.95. The Bertz CT molecular complexity index is 1040. The number of urea groups is 1. The van der Waals surface area contributed by atoms with Gasteiger partial charge < -0.3 is 19.9 Å². The van der Waals surface area contributed by atoms with E-state index in [2.05, 4.69) is 5.32 Å². The number of nitrogens with zero attached hydrogens (tertiary/aromatic N) is 1. The number of ether oxygens (including phenoxy) is 2. The van der Waals surface area contributed by atoms with Crippen LogP contribution in [0.2, 0.25) is 0 Å². The Hall–Kier alpha value is -3.88. The van der Waals surface area contributed by atoms with E-state index in [-0.39, 0.29) is 29.3 Å². The van der Waals surface area contributed by atoms with Crippen LogP contribution in [-0.2, 0) is 16.1 Å². The number of hydrogen-bond donors (Lipinski definition) is 2. The number of carboxylic acid groups (broad SMARTS) is 1. The Labute approximate surface area is 171 Å². The molecule has 0 saturated carbocycles. The van der Waals surface area contributed by atoms with E-state index in [1.165, 1.54) is 50.4 Å². The van der Waals surface area contributed by atoms with Crippen LogP contribution in [0.25, 0.3) is 6.08 Å². The Morgan fingerprint density at radius 3 is 2.63 bits per heavy atom. The molecule has 2 aromatic carbocycles. The van der Waals surface area contributed by atoms with Gasteiger partial charge in [0, 0.05) is 5.56 Å². The summed E-state index contributed by atoms with van der Waals surface area (Å²) in [5, 5.41) is 11.4. The smallest absolute Gasteiger partial charge is 0.344 e. The summed E-state index contributed by atoms with van der Waals surface area (Å²) in [4.78, 5) is 36.7. The van der Waals surface area contributed by atoms with Crippen molar-refractivity contribution in [1.29, 1.82) is 0 Å². The van der Waals surface area contributed by atoms with Crippen molar-refractivity contribution < 1.29 is 33.4 Å². The van der Waals surface area contributed by atoms with Crippen LogP contribution in [0.15, 0.2) is 48.2 Å². The van der Waals surface area contributed by atoms with Gasteiger partial charge in [-0.3, -0.25) is 9.69 Å². The third-order valence-corrected chi connectivity index (χ3v) is 4.40. The molecule has 1 fully saturated rings. The highest BCUT2D eigenvalue weighted by Crippen LogP contribution is 2.30. The average Bonchev–Trinajstić information content (AvgIpc) is 2.97. The molecule has 2 N–H and O–H groups in total. The van der Waals surface area contributed by atoms with Gasteiger partial charge >= 0.3 is 12.0 Å². The summed E-state index contributed by atoms with van der Waals surface area (Å²) in [6.45, 7) is 1.19. The number of imide groups is 1. The number of carboxylic acids is 1. The van der Waals surface area contributed by atoms with Crippen LogP contribution in [0.5, 0.6) is 11.5 Å². The molecule has 0 aliphatic carbocycles. The minimum Gasteiger partial charge on any atom is -0.493 e. The van der Waals surface area contributed by atoms with Crippen LogP contribution in [0.3, 0.4) is 0 Å². The first-order valence-corrected chi connectivity index (χ1v) is 8.95. The van der Waals surface area contributed by atoms with E-state index in [9.17, 15) is 18.8 Å². The van der Waals surface area contributed by atoms with Crippen LogP contribution < -0.4 is 14.8 Å². The van der Waals surface area contributed by atoms with E-state index in [0.717, 1.165) is 4.90 Å². The second kappa shape index (κ2) is 8.64. The van der Waals surface area contributed by atoms with Gasteiger partial charge in [0.2, 0.25) is 0 Å². The van der Waals surface area contributed by atoms with Crippen LogP contribution >= 0.6 is 0 Å². The normalized spacial score (nSPS) is 15.8. The molecule has 9 heteroatoms. The molecule has 3 rings (SSSR count). The molecular weight excluding hydrogens is 395 g/mol. The van der Waals surface area contributed by atoms with Gasteiger partial charge in [0.1, 0.15) is 11.5 Å². The lowest BCUT2D eigenvalue weighted by Gasteiger charge is -2.14. The number of amides is 3. The Balaban J connectivity index is 1.81. The molecular formula is C21H19FN2O6. The van der Waals surface area contributed by atoms with Gasteiger partial charge in [-0.15, -0.1) is 0 Å². The maximum Gasteiger partial charge on any atom is 0.344 e. The SMILES string of the molecule is COc1cc(/C=C2\NC(=O)N(Cc3ccccc3F)C2=O)ccc1O[C@H](C)C(=O)O. The number of carbonyl (C=O) groups is 3. The average molecular weight is 414 g/mol. The second-order valence-corrected chi connectivity index (χ2v) is 6.48. The van der Waals surface area contributed by atoms with Crippen molar-refractivity contribution in [2.24, 2.45) is 0 Å². The van der Waals surface area contributed by atoms with E-state index in [0.29, 0.717) is 5.56 Å². The van der Waals surface area contributed by atoms with E-state index in [1.807, 2.05) is 0 Å². The minimum absolute atomic E-state index is 0.0194. The number of carbonyl (C=O) groups excluding carboxylic acids is 2. The molecule has 8 nitrogen and oxygen atoms in total. The highest BCUT2D eigenvalue weighted by atomic mass is 19.1. The summed E-state index contributed by atoms with van der Waals surface area (Å²) >= 11 is 0. The first kappa shape index (κ1) is 20.8. The Morgan fingerprint density at radius 2 is 1.97 bits per heavy atom. The maximum atomic E-state index is 13.9. The van der Waals surface area contributed by atoms with Crippen molar-refractivity contribution >= 4 is 24.0 Å². The number of benzene rings is 2. The lowest BCUT2D eigenvalue weighted by Crippen LogP contribution is -2.30. The Kier molecular flexibility index (Phi) is 6.01. The zero-order chi connectivity index (χ0) is 21.8. The van der Waals surface area contributed by atoms with Crippen LogP contribution in [-0.4, -0.2) is 41.1 Å². The van der Waals surface area contributed by atoms with Gasteiger partial charge in [0.05, 0.1) is 13.7 Å². The first-order chi connectivity index (χ1) is 14.3. The van der Waals surface area contributed by atoms with Crippen molar-refractivity contribution in [3.63, 3.8) is 0 Å². The molecule has 1 aliphatic rings. The fraction of sp³-hybridized carbons (Fsp3) is 0.190. The molecule has 0 radical (unpaired) electrons. The number of aliphatic carboxylic acids is 1. The van der Waals surface area contributed by atoms with Crippen molar-refractivity contribution in [3.8, 4) is 11.5 Å². The van der Waals surface area contributed by atoms with E-state index in [1.54, 1.807) is 12.1 Å². The number of halogens is 1. The second-order valence-electron chi connectivity index (χ2n) is 6.48. The topological polar surface area (TPSA) is 105 Å². The van der Waals surface area contributed by atoms with Crippen LogP contribution in [0.1, 0.15) is 18.1 Å². The molecule has 0 aromatic heterocycles. The van der Waals surface area contributed by atoms with Gasteiger partial charge in [-0.25, -0.2) is 14.0 Å². The minimum atomic E-state index is -1.13. The van der Waals surface area contributed by atoms with Crippen molar-refractivity contribution in [3.05, 3.63) is 65.1 Å². The monoisotopic (exact) mass is 414 g/mol. The zero-order valence-corrected chi connectivity index (χ0v) is 16.2. The highest BCUT2D eigenvalue weighted by Gasteiger charge is 2.34. The summed E-state index contributed by atoms with van der Waals surface area (Å²) in [5.41, 5.74) is 0.752. The third kappa shape index (κ3) is 4.40. The fourth-order valence-electron chi connectivity index (χ4n) is 2.79. The highest BCUT2D eigenvalue weighted by molar-refractivity contribution is 6.13. The molecule has 1 saturated heterocycles.